The van der Waals surface area contributed by atoms with Gasteiger partial charge in [0.25, 0.3) is 10.0 Å². The molecule has 0 aliphatic carbocycles. The van der Waals surface area contributed by atoms with Crippen LogP contribution in [0, 0.1) is 13.8 Å². The number of hydrogen-bond acceptors (Lipinski definition) is 4. The summed E-state index contributed by atoms with van der Waals surface area (Å²) in [6.07, 6.45) is 1.37. The molecule has 0 aliphatic heterocycles. The van der Waals surface area contributed by atoms with E-state index in [0.717, 1.165) is 9.54 Å². The van der Waals surface area contributed by atoms with Crippen molar-refractivity contribution in [3.63, 3.8) is 0 Å². The van der Waals surface area contributed by atoms with E-state index in [9.17, 15) is 13.2 Å². The summed E-state index contributed by atoms with van der Waals surface area (Å²) in [4.78, 5) is 11.9. The summed E-state index contributed by atoms with van der Waals surface area (Å²) < 4.78 is 31.2. The molecule has 6 heteroatoms. The number of carbonyl (C=O) groups is 1. The van der Waals surface area contributed by atoms with Crippen molar-refractivity contribution in [3.05, 3.63) is 53.3 Å². The Morgan fingerprint density at radius 1 is 1.14 bits per heavy atom. The second kappa shape index (κ2) is 5.73. The molecule has 1 aromatic carbocycles. The number of rotatable bonds is 4. The third-order valence-corrected chi connectivity index (χ3v) is 4.95. The lowest BCUT2D eigenvalue weighted by Crippen LogP contribution is -2.15. The van der Waals surface area contributed by atoms with E-state index in [2.05, 4.69) is 0 Å². The van der Waals surface area contributed by atoms with E-state index in [1.54, 1.807) is 38.1 Å². The fourth-order valence-electron chi connectivity index (χ4n) is 2.00. The number of aryl methyl sites for hydroxylation is 1. The SMILES string of the molecule is CCOC(=O)c1ccn(S(=O)(=O)c2ccc(C)cc2)c1C. The molecular formula is C15H17NO4S. The molecule has 0 spiro atoms. The zero-order valence-corrected chi connectivity index (χ0v) is 13.0. The van der Waals surface area contributed by atoms with Crippen LogP contribution in [-0.4, -0.2) is 25.0 Å². The first-order valence-electron chi connectivity index (χ1n) is 6.55. The van der Waals surface area contributed by atoms with Crippen LogP contribution in [0.15, 0.2) is 41.4 Å². The van der Waals surface area contributed by atoms with Gasteiger partial charge < -0.3 is 4.74 Å². The Balaban J connectivity index is 2.47. The van der Waals surface area contributed by atoms with Gasteiger partial charge in [0.15, 0.2) is 0 Å². The summed E-state index contributed by atoms with van der Waals surface area (Å²) in [7, 11) is -3.71. The highest BCUT2D eigenvalue weighted by Gasteiger charge is 2.22. The maximum Gasteiger partial charge on any atom is 0.339 e. The summed E-state index contributed by atoms with van der Waals surface area (Å²) in [5, 5.41) is 0. The van der Waals surface area contributed by atoms with Crippen molar-refractivity contribution in [3.8, 4) is 0 Å². The van der Waals surface area contributed by atoms with Crippen LogP contribution in [-0.2, 0) is 14.8 Å². The minimum Gasteiger partial charge on any atom is -0.462 e. The van der Waals surface area contributed by atoms with Crippen molar-refractivity contribution in [2.45, 2.75) is 25.7 Å². The first kappa shape index (κ1) is 15.3. The number of hydrogen-bond donors (Lipinski definition) is 0. The molecule has 0 bridgehead atoms. The summed E-state index contributed by atoms with van der Waals surface area (Å²) >= 11 is 0. The van der Waals surface area contributed by atoms with Crippen molar-refractivity contribution < 1.29 is 17.9 Å². The van der Waals surface area contributed by atoms with Gasteiger partial charge in [-0.15, -0.1) is 0 Å². The van der Waals surface area contributed by atoms with Crippen LogP contribution >= 0.6 is 0 Å². The number of carbonyl (C=O) groups excluding carboxylic acids is 1. The third-order valence-electron chi connectivity index (χ3n) is 3.17. The van der Waals surface area contributed by atoms with Gasteiger partial charge in [0.05, 0.1) is 17.1 Å². The molecule has 2 aromatic rings. The smallest absolute Gasteiger partial charge is 0.339 e. The van der Waals surface area contributed by atoms with Crippen LogP contribution in [0.3, 0.4) is 0 Å². The minimum absolute atomic E-state index is 0.183. The van der Waals surface area contributed by atoms with Crippen molar-refractivity contribution >= 4 is 16.0 Å². The van der Waals surface area contributed by atoms with Gasteiger partial charge >= 0.3 is 5.97 Å². The van der Waals surface area contributed by atoms with Crippen LogP contribution in [0.4, 0.5) is 0 Å². The van der Waals surface area contributed by atoms with Gasteiger partial charge in [-0.2, -0.15) is 0 Å². The molecule has 0 radical (unpaired) electrons. The standard InChI is InChI=1S/C15H17NO4S/c1-4-20-15(17)14-9-10-16(12(14)3)21(18,19)13-7-5-11(2)6-8-13/h5-10H,4H2,1-3H3. The predicted molar refractivity (Wildman–Crippen MR) is 78.9 cm³/mol. The predicted octanol–water partition coefficient (Wildman–Crippen LogP) is 2.52. The zero-order chi connectivity index (χ0) is 15.6. The third kappa shape index (κ3) is 2.85. The van der Waals surface area contributed by atoms with Gasteiger partial charge in [0.1, 0.15) is 0 Å². The summed E-state index contributed by atoms with van der Waals surface area (Å²) in [6.45, 7) is 5.41. The molecule has 0 atom stereocenters. The Hall–Kier alpha value is -2.08. The van der Waals surface area contributed by atoms with E-state index >= 15 is 0 Å². The van der Waals surface area contributed by atoms with Crippen LogP contribution in [0.25, 0.3) is 0 Å². The van der Waals surface area contributed by atoms with Gasteiger partial charge in [-0.3, -0.25) is 0 Å². The van der Waals surface area contributed by atoms with Gasteiger partial charge in [-0.05, 0) is 39.0 Å². The molecule has 1 aromatic heterocycles. The topological polar surface area (TPSA) is 65.4 Å². The van der Waals surface area contributed by atoms with E-state index in [0.29, 0.717) is 5.69 Å². The Bertz CT molecular complexity index is 757. The fraction of sp³-hybridized carbons (Fsp3) is 0.267. The Labute approximate surface area is 124 Å². The van der Waals surface area contributed by atoms with Gasteiger partial charge in [0, 0.05) is 11.9 Å². The lowest BCUT2D eigenvalue weighted by molar-refractivity contribution is 0.0525. The number of benzene rings is 1. The average Bonchev–Trinajstić information content (AvgIpc) is 2.82. The maximum absolute atomic E-state index is 12.6. The van der Waals surface area contributed by atoms with Crippen LogP contribution in [0.2, 0.25) is 0 Å². The van der Waals surface area contributed by atoms with Crippen LogP contribution in [0.5, 0.6) is 0 Å². The quantitative estimate of drug-likeness (QED) is 0.814. The molecule has 5 nitrogen and oxygen atoms in total. The number of nitrogens with zero attached hydrogens (tertiary/aromatic N) is 1. The molecule has 0 fully saturated rings. The molecule has 0 N–H and O–H groups in total. The molecule has 112 valence electrons. The van der Waals surface area contributed by atoms with E-state index in [4.69, 9.17) is 4.74 Å². The minimum atomic E-state index is -3.71. The van der Waals surface area contributed by atoms with E-state index in [1.165, 1.54) is 12.3 Å². The van der Waals surface area contributed by atoms with Gasteiger partial charge in [-0.25, -0.2) is 17.2 Å². The molecule has 0 aliphatic rings. The Kier molecular flexibility index (Phi) is 4.18. The highest BCUT2D eigenvalue weighted by atomic mass is 32.2. The zero-order valence-electron chi connectivity index (χ0n) is 12.2. The average molecular weight is 307 g/mol. The number of ether oxygens (including phenoxy) is 1. The summed E-state index contributed by atoms with van der Waals surface area (Å²) in [5.41, 5.74) is 1.58. The van der Waals surface area contributed by atoms with Crippen molar-refractivity contribution in [1.82, 2.24) is 3.97 Å². The molecule has 0 amide bonds. The Morgan fingerprint density at radius 2 is 1.76 bits per heavy atom. The van der Waals surface area contributed by atoms with E-state index in [1.807, 2.05) is 6.92 Å². The molecule has 21 heavy (non-hydrogen) atoms. The van der Waals surface area contributed by atoms with Crippen molar-refractivity contribution in [2.24, 2.45) is 0 Å². The molecule has 0 unspecified atom stereocenters. The Morgan fingerprint density at radius 3 is 2.33 bits per heavy atom. The largest absolute Gasteiger partial charge is 0.462 e. The molecule has 2 rings (SSSR count). The lowest BCUT2D eigenvalue weighted by atomic mass is 10.2. The summed E-state index contributed by atoms with van der Waals surface area (Å²) in [6, 6.07) is 8.03. The fourth-order valence-corrected chi connectivity index (χ4v) is 3.39. The highest BCUT2D eigenvalue weighted by molar-refractivity contribution is 7.90. The number of aromatic nitrogens is 1. The van der Waals surface area contributed by atoms with Gasteiger partial charge in [0.2, 0.25) is 0 Å². The lowest BCUT2D eigenvalue weighted by Gasteiger charge is -2.09. The summed E-state index contributed by atoms with van der Waals surface area (Å²) in [5.74, 6) is -0.521. The number of esters is 1. The first-order valence-corrected chi connectivity index (χ1v) is 7.99. The van der Waals surface area contributed by atoms with Crippen LogP contribution < -0.4 is 0 Å². The molecule has 0 saturated heterocycles. The van der Waals surface area contributed by atoms with Crippen LogP contribution in [0.1, 0.15) is 28.5 Å². The second-order valence-electron chi connectivity index (χ2n) is 4.65. The maximum atomic E-state index is 12.6. The van der Waals surface area contributed by atoms with Gasteiger partial charge in [-0.1, -0.05) is 17.7 Å². The monoisotopic (exact) mass is 307 g/mol. The van der Waals surface area contributed by atoms with Crippen molar-refractivity contribution in [2.75, 3.05) is 6.61 Å². The molecule has 0 saturated carbocycles. The molecule has 1 heterocycles. The van der Waals surface area contributed by atoms with E-state index < -0.39 is 16.0 Å². The van der Waals surface area contributed by atoms with Crippen molar-refractivity contribution in [1.29, 1.82) is 0 Å². The highest BCUT2D eigenvalue weighted by Crippen LogP contribution is 2.20. The first-order chi connectivity index (χ1) is 9.87. The second-order valence-corrected chi connectivity index (χ2v) is 6.46. The van der Waals surface area contributed by atoms with E-state index in [-0.39, 0.29) is 17.1 Å². The molecular weight excluding hydrogens is 290 g/mol. The normalized spacial score (nSPS) is 11.4.